The van der Waals surface area contributed by atoms with Crippen molar-refractivity contribution in [1.82, 2.24) is 0 Å². The van der Waals surface area contributed by atoms with Crippen molar-refractivity contribution in [2.75, 3.05) is 0 Å². The van der Waals surface area contributed by atoms with Gasteiger partial charge in [-0.25, -0.2) is 0 Å². The average Bonchev–Trinajstić information content (AvgIpc) is 2.85. The van der Waals surface area contributed by atoms with E-state index < -0.39 is 0 Å². The molecule has 3 aromatic rings. The van der Waals surface area contributed by atoms with Crippen LogP contribution >= 0.6 is 0 Å². The first-order valence-corrected chi connectivity index (χ1v) is 11.1. The molecule has 0 heterocycles. The fourth-order valence-electron chi connectivity index (χ4n) is 2.67. The van der Waals surface area contributed by atoms with Crippen molar-refractivity contribution in [1.29, 1.82) is 0 Å². The van der Waals surface area contributed by atoms with Crippen LogP contribution in [0.25, 0.3) is 0 Å². The molecule has 0 unspecified atom stereocenters. The zero-order valence-corrected chi connectivity index (χ0v) is 23.5. The fourth-order valence-corrected chi connectivity index (χ4v) is 2.67. The van der Waals surface area contributed by atoms with Gasteiger partial charge in [-0.1, -0.05) is 71.3 Å². The van der Waals surface area contributed by atoms with E-state index in [9.17, 15) is 14.4 Å². The Labute approximate surface area is 236 Å². The third-order valence-electron chi connectivity index (χ3n) is 4.25. The first kappa shape index (κ1) is 33.2. The van der Waals surface area contributed by atoms with E-state index in [1.807, 2.05) is 54.6 Å². The van der Waals surface area contributed by atoms with E-state index in [2.05, 4.69) is 0 Å². The summed E-state index contributed by atoms with van der Waals surface area (Å²) in [6, 6.07) is 27.2. The molecule has 6 nitrogen and oxygen atoms in total. The van der Waals surface area contributed by atoms with Gasteiger partial charge in [-0.2, -0.15) is 0 Å². The minimum atomic E-state index is 0. The van der Waals surface area contributed by atoms with Crippen molar-refractivity contribution in [3.05, 3.63) is 127 Å². The monoisotopic (exact) mass is 579 g/mol. The summed E-state index contributed by atoms with van der Waals surface area (Å²) in [5.41, 5.74) is 2.10. The van der Waals surface area contributed by atoms with Gasteiger partial charge in [0.25, 0.3) is 0 Å². The third kappa shape index (κ3) is 15.0. The van der Waals surface area contributed by atoms with E-state index in [0.717, 1.165) is 0 Å². The van der Waals surface area contributed by atoms with Crippen LogP contribution in [0.3, 0.4) is 0 Å². The van der Waals surface area contributed by atoms with Crippen LogP contribution in [0, 0.1) is 19.3 Å². The van der Waals surface area contributed by atoms with Gasteiger partial charge in [-0.3, -0.25) is 14.4 Å². The summed E-state index contributed by atoms with van der Waals surface area (Å²) >= 11 is 0. The van der Waals surface area contributed by atoms with Crippen LogP contribution in [-0.2, 0) is 26.2 Å². The van der Waals surface area contributed by atoms with Crippen molar-refractivity contribution in [2.45, 2.75) is 20.8 Å². The van der Waals surface area contributed by atoms with Crippen molar-refractivity contribution >= 4 is 34.7 Å². The molecule has 0 bridgehead atoms. The minimum Gasteiger partial charge on any atom is -0.313 e. The molecule has 0 amide bonds. The molecule has 6 N–H and O–H groups in total. The van der Waals surface area contributed by atoms with Crippen LogP contribution < -0.4 is 0 Å². The first-order chi connectivity index (χ1) is 17.1. The summed E-state index contributed by atoms with van der Waals surface area (Å²) in [5.74, 6) is 0.519. The molecule has 3 rings (SSSR count). The van der Waals surface area contributed by atoms with Gasteiger partial charge in [-0.15, -0.1) is 36.4 Å². The van der Waals surface area contributed by atoms with Crippen molar-refractivity contribution < 1.29 is 55.0 Å². The van der Waals surface area contributed by atoms with E-state index in [-0.39, 0.29) is 60.9 Å². The molecule has 7 heteroatoms. The van der Waals surface area contributed by atoms with Crippen molar-refractivity contribution in [3.63, 3.8) is 0 Å². The number of hydrogen-bond acceptors (Lipinski definition) is 0. The quantitative estimate of drug-likeness (QED) is 0.157. The van der Waals surface area contributed by atoms with E-state index in [1.54, 1.807) is 36.4 Å². The molecular weight excluding hydrogens is 548 g/mol. The van der Waals surface area contributed by atoms with Crippen molar-refractivity contribution in [2.24, 2.45) is 0 Å². The Kier molecular flexibility index (Phi) is 16.5. The van der Waals surface area contributed by atoms with Crippen molar-refractivity contribution in [3.8, 4) is 0 Å². The summed E-state index contributed by atoms with van der Waals surface area (Å²) in [5, 5.41) is 0. The molecule has 0 aliphatic carbocycles. The van der Waals surface area contributed by atoms with Gasteiger partial charge in [0, 0.05) is 47.0 Å². The SMILES string of the molecule is CC(=[OH+])[CH-]C(=[OH+])c1ccccc1.CC(=[OH+])[CH-]C(=[OH+])c1ccccc1.CC(=[OH+])[CH-]C(=[OH+])c1ccccc1.[Zr]. The van der Waals surface area contributed by atoms with Gasteiger partial charge in [0.1, 0.15) is 0 Å². The molecule has 3 aromatic carbocycles. The first-order valence-electron chi connectivity index (χ1n) is 11.1. The Hall–Kier alpha value is -3.83. The van der Waals surface area contributed by atoms with Gasteiger partial charge in [0.15, 0.2) is 0 Å². The maximum absolute atomic E-state index is 9.37. The molecular formula is C30H33O6Zr+3. The summed E-state index contributed by atoms with van der Waals surface area (Å²) in [6.45, 7) is 4.54. The van der Waals surface area contributed by atoms with E-state index in [0.29, 0.717) is 16.7 Å². The fraction of sp³-hybridized carbons (Fsp3) is 0.100. The number of benzene rings is 3. The maximum Gasteiger partial charge on any atom is 0.247 e. The average molecular weight is 581 g/mol. The second-order valence-corrected chi connectivity index (χ2v) is 7.61. The zero-order valence-electron chi connectivity index (χ0n) is 21.1. The smallest absolute Gasteiger partial charge is 0.247 e. The summed E-state index contributed by atoms with van der Waals surface area (Å²) in [6.07, 6.45) is 3.94. The Bertz CT molecular complexity index is 1020. The van der Waals surface area contributed by atoms with Crippen LogP contribution in [0.5, 0.6) is 0 Å². The molecule has 0 saturated heterocycles. The molecule has 0 fully saturated rings. The number of carbonyl (C=O) groups excluding carboxylic acids is 6. The van der Waals surface area contributed by atoms with E-state index in [4.69, 9.17) is 14.4 Å². The van der Waals surface area contributed by atoms with Crippen LogP contribution in [0.4, 0.5) is 0 Å². The summed E-state index contributed by atoms with van der Waals surface area (Å²) in [7, 11) is 0. The summed E-state index contributed by atoms with van der Waals surface area (Å²) < 4.78 is 0. The topological polar surface area (TPSA) is 128 Å². The Morgan fingerprint density at radius 3 is 0.757 bits per heavy atom. The predicted molar refractivity (Wildman–Crippen MR) is 148 cm³/mol. The predicted octanol–water partition coefficient (Wildman–Crippen LogP) is 4.04. The molecule has 0 saturated carbocycles. The third-order valence-corrected chi connectivity index (χ3v) is 4.25. The molecule has 0 radical (unpaired) electrons. The van der Waals surface area contributed by atoms with Gasteiger partial charge < -0.3 is 14.4 Å². The molecule has 37 heavy (non-hydrogen) atoms. The molecule has 190 valence electrons. The second kappa shape index (κ2) is 18.4. The number of rotatable bonds is 9. The minimum absolute atomic E-state index is 0. The number of hydrogen-bond donors (Lipinski definition) is 0. The van der Waals surface area contributed by atoms with Gasteiger partial charge in [0.2, 0.25) is 34.7 Å². The molecule has 0 aromatic heterocycles. The van der Waals surface area contributed by atoms with Gasteiger partial charge in [0.05, 0.1) is 0 Å². The van der Waals surface area contributed by atoms with Crippen LogP contribution in [0.15, 0.2) is 91.0 Å². The molecule has 0 atom stereocenters. The Morgan fingerprint density at radius 1 is 0.405 bits per heavy atom. The van der Waals surface area contributed by atoms with Crippen LogP contribution in [-0.4, -0.2) is 63.5 Å². The maximum atomic E-state index is 9.37. The standard InChI is InChI=1S/3C10H9O2.Zr/c3*1-8(11)7-10(12)9-5-3-2-4-6-9;/h3*2-7H,1H3;/q3*-1;/p+6. The molecule has 0 aliphatic heterocycles. The normalized spacial score (nSPS) is 8.84. The van der Waals surface area contributed by atoms with Gasteiger partial charge in [-0.05, 0) is 19.3 Å². The van der Waals surface area contributed by atoms with Gasteiger partial charge >= 0.3 is 0 Å². The number of ketones is 6. The summed E-state index contributed by atoms with van der Waals surface area (Å²) in [4.78, 5) is 54.7. The van der Waals surface area contributed by atoms with Crippen LogP contribution in [0.1, 0.15) is 37.5 Å². The largest absolute Gasteiger partial charge is 0.313 e. The van der Waals surface area contributed by atoms with E-state index in [1.165, 1.54) is 40.0 Å². The Balaban J connectivity index is 0.000000518. The molecule has 0 spiro atoms. The van der Waals surface area contributed by atoms with E-state index >= 15 is 0 Å². The molecule has 0 aliphatic rings. The zero-order chi connectivity index (χ0) is 26.9. The Morgan fingerprint density at radius 2 is 0.595 bits per heavy atom. The second-order valence-electron chi connectivity index (χ2n) is 7.61. The van der Waals surface area contributed by atoms with Crippen LogP contribution in [0.2, 0.25) is 0 Å².